The van der Waals surface area contributed by atoms with Gasteiger partial charge in [0.2, 0.25) is 0 Å². The van der Waals surface area contributed by atoms with Gasteiger partial charge in [-0.3, -0.25) is 4.79 Å². The molecule has 3 atom stereocenters. The predicted octanol–water partition coefficient (Wildman–Crippen LogP) is 1.32. The molecule has 104 valence electrons. The highest BCUT2D eigenvalue weighted by atomic mass is 16.6. The fraction of sp³-hybridized carbons (Fsp3) is 0.929. The van der Waals surface area contributed by atoms with Crippen molar-refractivity contribution in [3.63, 3.8) is 0 Å². The van der Waals surface area contributed by atoms with Crippen molar-refractivity contribution in [3.8, 4) is 0 Å². The second-order valence-electron chi connectivity index (χ2n) is 6.70. The lowest BCUT2D eigenvalue weighted by Gasteiger charge is -2.35. The zero-order valence-corrected chi connectivity index (χ0v) is 11.6. The van der Waals surface area contributed by atoms with Crippen LogP contribution in [0.2, 0.25) is 0 Å². The van der Waals surface area contributed by atoms with Crippen molar-refractivity contribution >= 4 is 5.97 Å². The first-order valence-electron chi connectivity index (χ1n) is 6.97. The van der Waals surface area contributed by atoms with Crippen LogP contribution in [0.5, 0.6) is 0 Å². The predicted molar refractivity (Wildman–Crippen MR) is 69.0 cm³/mol. The smallest absolute Gasteiger partial charge is 0.306 e. The number of hydrogen-bond donors (Lipinski definition) is 2. The summed E-state index contributed by atoms with van der Waals surface area (Å²) in [6, 6.07) is 0. The van der Waals surface area contributed by atoms with E-state index in [1.165, 1.54) is 12.8 Å². The van der Waals surface area contributed by atoms with Gasteiger partial charge in [0.25, 0.3) is 0 Å². The molecule has 2 N–H and O–H groups in total. The molecule has 0 radical (unpaired) electrons. The third-order valence-corrected chi connectivity index (χ3v) is 3.78. The van der Waals surface area contributed by atoms with Crippen LogP contribution in [0.15, 0.2) is 0 Å². The number of piperidine rings is 1. The van der Waals surface area contributed by atoms with E-state index < -0.39 is 5.60 Å². The summed E-state index contributed by atoms with van der Waals surface area (Å²) in [5, 5.41) is 13.7. The van der Waals surface area contributed by atoms with E-state index >= 15 is 0 Å². The molecule has 0 amide bonds. The molecule has 4 heteroatoms. The molecular weight excluding hydrogens is 230 g/mol. The van der Waals surface area contributed by atoms with Crippen molar-refractivity contribution in [2.45, 2.75) is 51.7 Å². The van der Waals surface area contributed by atoms with Crippen LogP contribution in [0.25, 0.3) is 0 Å². The Morgan fingerprint density at radius 3 is 2.56 bits per heavy atom. The van der Waals surface area contributed by atoms with Gasteiger partial charge in [-0.1, -0.05) is 0 Å². The highest BCUT2D eigenvalue weighted by Crippen LogP contribution is 2.41. The van der Waals surface area contributed by atoms with Gasteiger partial charge >= 0.3 is 5.97 Å². The molecular formula is C14H25NO3. The van der Waals surface area contributed by atoms with Crippen molar-refractivity contribution in [3.05, 3.63) is 0 Å². The number of esters is 1. The molecule has 18 heavy (non-hydrogen) atoms. The standard InChI is InChI=1S/C14H25NO3/c1-14(2,3)18-12(16)6-10-7-15-8-11(13(10)17)9-4-5-9/h9-11,13,15,17H,4-8H2,1-3H3/t10-,11-,13+/m1/s1. The Morgan fingerprint density at radius 1 is 1.33 bits per heavy atom. The third kappa shape index (κ3) is 3.69. The van der Waals surface area contributed by atoms with Crippen LogP contribution in [0, 0.1) is 17.8 Å². The average Bonchev–Trinajstić information content (AvgIpc) is 3.02. The largest absolute Gasteiger partial charge is 0.460 e. The van der Waals surface area contributed by atoms with E-state index in [1.54, 1.807) is 0 Å². The van der Waals surface area contributed by atoms with Gasteiger partial charge in [0.15, 0.2) is 0 Å². The molecule has 2 aliphatic rings. The summed E-state index contributed by atoms with van der Waals surface area (Å²) in [5.74, 6) is 0.782. The fourth-order valence-corrected chi connectivity index (χ4v) is 2.79. The molecule has 1 aliphatic carbocycles. The van der Waals surface area contributed by atoms with Crippen molar-refractivity contribution in [1.82, 2.24) is 5.32 Å². The molecule has 0 aromatic carbocycles. The van der Waals surface area contributed by atoms with E-state index in [1.807, 2.05) is 20.8 Å². The maximum Gasteiger partial charge on any atom is 0.306 e. The number of carbonyl (C=O) groups excluding carboxylic acids is 1. The van der Waals surface area contributed by atoms with E-state index in [0.717, 1.165) is 6.54 Å². The van der Waals surface area contributed by atoms with Crippen molar-refractivity contribution < 1.29 is 14.6 Å². The Kier molecular flexibility index (Phi) is 3.97. The molecule has 1 saturated heterocycles. The van der Waals surface area contributed by atoms with Gasteiger partial charge in [-0.25, -0.2) is 0 Å². The SMILES string of the molecule is CC(C)(C)OC(=O)C[C@@H]1CNC[C@H](C2CC2)[C@H]1O. The summed E-state index contributed by atoms with van der Waals surface area (Å²) in [7, 11) is 0. The number of rotatable bonds is 3. The van der Waals surface area contributed by atoms with Crippen LogP contribution < -0.4 is 5.32 Å². The summed E-state index contributed by atoms with van der Waals surface area (Å²) in [4.78, 5) is 11.8. The molecule has 0 aromatic heterocycles. The van der Waals surface area contributed by atoms with E-state index in [2.05, 4.69) is 5.32 Å². The number of aliphatic hydroxyl groups is 1. The molecule has 1 heterocycles. The van der Waals surface area contributed by atoms with Crippen LogP contribution in [0.3, 0.4) is 0 Å². The lowest BCUT2D eigenvalue weighted by molar-refractivity contribution is -0.157. The number of nitrogens with one attached hydrogen (secondary N) is 1. The first-order valence-corrected chi connectivity index (χ1v) is 6.97. The van der Waals surface area contributed by atoms with Crippen LogP contribution in [0.1, 0.15) is 40.0 Å². The van der Waals surface area contributed by atoms with Crippen LogP contribution >= 0.6 is 0 Å². The first kappa shape index (κ1) is 13.8. The second kappa shape index (κ2) is 5.17. The zero-order chi connectivity index (χ0) is 13.3. The minimum atomic E-state index is -0.444. The van der Waals surface area contributed by atoms with Gasteiger partial charge in [-0.05, 0) is 39.5 Å². The minimum absolute atomic E-state index is 0.000741. The Balaban J connectivity index is 1.86. The maximum atomic E-state index is 11.8. The van der Waals surface area contributed by atoms with Gasteiger partial charge in [-0.2, -0.15) is 0 Å². The first-order chi connectivity index (χ1) is 8.37. The van der Waals surface area contributed by atoms with Crippen LogP contribution in [-0.2, 0) is 9.53 Å². The van der Waals surface area contributed by atoms with E-state index in [0.29, 0.717) is 24.8 Å². The average molecular weight is 255 g/mol. The van der Waals surface area contributed by atoms with E-state index in [-0.39, 0.29) is 18.0 Å². The number of aliphatic hydroxyl groups excluding tert-OH is 1. The van der Waals surface area contributed by atoms with Gasteiger partial charge in [-0.15, -0.1) is 0 Å². The monoisotopic (exact) mass is 255 g/mol. The zero-order valence-electron chi connectivity index (χ0n) is 11.6. The Hall–Kier alpha value is -0.610. The highest BCUT2D eigenvalue weighted by molar-refractivity contribution is 5.70. The summed E-state index contributed by atoms with van der Waals surface area (Å²) in [6.45, 7) is 7.20. The normalized spacial score (nSPS) is 33.2. The van der Waals surface area contributed by atoms with Gasteiger partial charge in [0.1, 0.15) is 5.60 Å². The third-order valence-electron chi connectivity index (χ3n) is 3.78. The molecule has 2 fully saturated rings. The van der Waals surface area contributed by atoms with E-state index in [4.69, 9.17) is 4.74 Å². The molecule has 0 bridgehead atoms. The fourth-order valence-electron chi connectivity index (χ4n) is 2.79. The summed E-state index contributed by atoms with van der Waals surface area (Å²) in [5.41, 5.74) is -0.444. The number of ether oxygens (including phenoxy) is 1. The molecule has 2 rings (SSSR count). The Bertz CT molecular complexity index is 307. The lowest BCUT2D eigenvalue weighted by Crippen LogP contribution is -2.48. The number of hydrogen-bond acceptors (Lipinski definition) is 4. The second-order valence-corrected chi connectivity index (χ2v) is 6.70. The molecule has 0 aromatic rings. The lowest BCUT2D eigenvalue weighted by atomic mass is 9.82. The minimum Gasteiger partial charge on any atom is -0.460 e. The molecule has 0 spiro atoms. The summed E-state index contributed by atoms with van der Waals surface area (Å²) < 4.78 is 5.32. The topological polar surface area (TPSA) is 58.6 Å². The van der Waals surface area contributed by atoms with Crippen molar-refractivity contribution in [2.75, 3.05) is 13.1 Å². The molecule has 1 aliphatic heterocycles. The van der Waals surface area contributed by atoms with Gasteiger partial charge < -0.3 is 15.2 Å². The summed E-state index contributed by atoms with van der Waals surface area (Å²) in [6.07, 6.45) is 2.41. The molecule has 1 saturated carbocycles. The molecule has 4 nitrogen and oxygen atoms in total. The van der Waals surface area contributed by atoms with Crippen LogP contribution in [0.4, 0.5) is 0 Å². The molecule has 0 unspecified atom stereocenters. The maximum absolute atomic E-state index is 11.8. The highest BCUT2D eigenvalue weighted by Gasteiger charge is 2.41. The van der Waals surface area contributed by atoms with Crippen molar-refractivity contribution in [1.29, 1.82) is 0 Å². The van der Waals surface area contributed by atoms with Gasteiger partial charge in [0, 0.05) is 24.9 Å². The van der Waals surface area contributed by atoms with Gasteiger partial charge in [0.05, 0.1) is 12.5 Å². The summed E-state index contributed by atoms with van der Waals surface area (Å²) >= 11 is 0. The van der Waals surface area contributed by atoms with E-state index in [9.17, 15) is 9.90 Å². The Labute approximate surface area is 109 Å². The Morgan fingerprint density at radius 2 is 2.00 bits per heavy atom. The van der Waals surface area contributed by atoms with Crippen LogP contribution in [-0.4, -0.2) is 35.9 Å². The quantitative estimate of drug-likeness (QED) is 0.747. The van der Waals surface area contributed by atoms with Crippen molar-refractivity contribution in [2.24, 2.45) is 17.8 Å². The number of carbonyl (C=O) groups is 1.